The number of hydrogen-bond acceptors (Lipinski definition) is 3. The molecule has 5 heteroatoms. The molecule has 1 N–H and O–H groups in total. The lowest BCUT2D eigenvalue weighted by Gasteiger charge is -2.11. The summed E-state index contributed by atoms with van der Waals surface area (Å²) >= 11 is 3.36. The van der Waals surface area contributed by atoms with E-state index >= 15 is 0 Å². The maximum absolute atomic E-state index is 12.4. The zero-order valence-corrected chi connectivity index (χ0v) is 16.1. The second-order valence-corrected chi connectivity index (χ2v) is 6.70. The van der Waals surface area contributed by atoms with Gasteiger partial charge in [-0.3, -0.25) is 9.59 Å². The molecule has 132 valence electrons. The molecule has 2 aromatic rings. The van der Waals surface area contributed by atoms with Crippen LogP contribution in [0.5, 0.6) is 5.75 Å². The molecule has 0 atom stereocenters. The van der Waals surface area contributed by atoms with E-state index in [0.29, 0.717) is 23.4 Å². The molecular weight excluding hydrogens is 382 g/mol. The maximum Gasteiger partial charge on any atom is 0.255 e. The summed E-state index contributed by atoms with van der Waals surface area (Å²) in [5.74, 6) is 0.385. The minimum Gasteiger partial charge on any atom is -0.494 e. The molecule has 0 fully saturated rings. The van der Waals surface area contributed by atoms with Gasteiger partial charge in [-0.25, -0.2) is 0 Å². The van der Waals surface area contributed by atoms with Crippen LogP contribution in [0.4, 0.5) is 5.69 Å². The predicted octanol–water partition coefficient (Wildman–Crippen LogP) is 5.47. The SMILES string of the molecule is CCCCCOc1ccc(C(=O)Nc2cc(Br)ccc2C(C)=O)cc1. The second kappa shape index (κ2) is 9.37. The van der Waals surface area contributed by atoms with Crippen LogP contribution in [0, 0.1) is 0 Å². The summed E-state index contributed by atoms with van der Waals surface area (Å²) in [4.78, 5) is 24.1. The number of halogens is 1. The third-order valence-electron chi connectivity index (χ3n) is 3.74. The Kier molecular flexibility index (Phi) is 7.19. The fourth-order valence-electron chi connectivity index (χ4n) is 2.37. The van der Waals surface area contributed by atoms with Crippen LogP contribution in [0.1, 0.15) is 53.8 Å². The second-order valence-electron chi connectivity index (χ2n) is 5.78. The Bertz CT molecular complexity index is 741. The Morgan fingerprint density at radius 1 is 1.08 bits per heavy atom. The Labute approximate surface area is 156 Å². The molecule has 0 saturated carbocycles. The largest absolute Gasteiger partial charge is 0.494 e. The van der Waals surface area contributed by atoms with Crippen molar-refractivity contribution in [3.63, 3.8) is 0 Å². The number of benzene rings is 2. The molecule has 0 radical (unpaired) electrons. The molecule has 0 aromatic heterocycles. The fourth-order valence-corrected chi connectivity index (χ4v) is 2.73. The highest BCUT2D eigenvalue weighted by atomic mass is 79.9. The molecule has 1 amide bonds. The number of ketones is 1. The Morgan fingerprint density at radius 2 is 1.80 bits per heavy atom. The summed E-state index contributed by atoms with van der Waals surface area (Å²) < 4.78 is 6.44. The monoisotopic (exact) mass is 403 g/mol. The number of nitrogens with one attached hydrogen (secondary N) is 1. The lowest BCUT2D eigenvalue weighted by atomic mass is 10.1. The van der Waals surface area contributed by atoms with Gasteiger partial charge in [0.2, 0.25) is 0 Å². The first kappa shape index (κ1) is 19.2. The average molecular weight is 404 g/mol. The standard InChI is InChI=1S/C20H22BrNO3/c1-3-4-5-12-25-17-9-6-15(7-10-17)20(24)22-19-13-16(21)8-11-18(19)14(2)23/h6-11,13H,3-5,12H2,1-2H3,(H,22,24). The minimum atomic E-state index is -0.266. The molecule has 0 aliphatic carbocycles. The van der Waals surface area contributed by atoms with E-state index in [2.05, 4.69) is 28.2 Å². The predicted molar refractivity (Wildman–Crippen MR) is 104 cm³/mol. The number of amides is 1. The van der Waals surface area contributed by atoms with Gasteiger partial charge in [0.25, 0.3) is 5.91 Å². The van der Waals surface area contributed by atoms with Crippen LogP contribution in [0.3, 0.4) is 0 Å². The normalized spacial score (nSPS) is 10.4. The zero-order valence-electron chi connectivity index (χ0n) is 14.5. The van der Waals surface area contributed by atoms with Crippen LogP contribution in [0.15, 0.2) is 46.9 Å². The van der Waals surface area contributed by atoms with Gasteiger partial charge in [0.1, 0.15) is 5.75 Å². The van der Waals surface area contributed by atoms with Crippen molar-refractivity contribution in [2.24, 2.45) is 0 Å². The molecular formula is C20H22BrNO3. The van der Waals surface area contributed by atoms with E-state index in [-0.39, 0.29) is 11.7 Å². The highest BCUT2D eigenvalue weighted by Gasteiger charge is 2.12. The molecule has 4 nitrogen and oxygen atoms in total. The average Bonchev–Trinajstić information content (AvgIpc) is 2.59. The van der Waals surface area contributed by atoms with Crippen LogP contribution in [0.2, 0.25) is 0 Å². The van der Waals surface area contributed by atoms with E-state index in [1.54, 1.807) is 42.5 Å². The number of carbonyl (C=O) groups excluding carboxylic acids is 2. The number of anilines is 1. The first-order chi connectivity index (χ1) is 12.0. The summed E-state index contributed by atoms with van der Waals surface area (Å²) in [5.41, 5.74) is 1.48. The Balaban J connectivity index is 2.04. The highest BCUT2D eigenvalue weighted by Crippen LogP contribution is 2.23. The van der Waals surface area contributed by atoms with Gasteiger partial charge in [0.15, 0.2) is 5.78 Å². The zero-order chi connectivity index (χ0) is 18.2. The number of ether oxygens (including phenoxy) is 1. The van der Waals surface area contributed by atoms with Crippen molar-refractivity contribution in [2.45, 2.75) is 33.1 Å². The van der Waals surface area contributed by atoms with E-state index < -0.39 is 0 Å². The summed E-state index contributed by atoms with van der Waals surface area (Å²) in [7, 11) is 0. The molecule has 0 aliphatic rings. The van der Waals surface area contributed by atoms with E-state index in [0.717, 1.165) is 29.5 Å². The van der Waals surface area contributed by atoms with Crippen LogP contribution in [-0.2, 0) is 0 Å². The maximum atomic E-state index is 12.4. The molecule has 0 bridgehead atoms. The number of unbranched alkanes of at least 4 members (excludes halogenated alkanes) is 2. The molecule has 2 rings (SSSR count). The van der Waals surface area contributed by atoms with Gasteiger partial charge in [-0.05, 0) is 55.8 Å². The van der Waals surface area contributed by atoms with Crippen LogP contribution < -0.4 is 10.1 Å². The summed E-state index contributed by atoms with van der Waals surface area (Å²) in [5, 5.41) is 2.80. The molecule has 25 heavy (non-hydrogen) atoms. The smallest absolute Gasteiger partial charge is 0.255 e. The van der Waals surface area contributed by atoms with E-state index in [1.807, 2.05) is 0 Å². The Hall–Kier alpha value is -2.14. The van der Waals surface area contributed by atoms with Crippen molar-refractivity contribution in [3.05, 3.63) is 58.1 Å². The van der Waals surface area contributed by atoms with Gasteiger partial charge >= 0.3 is 0 Å². The molecule has 2 aromatic carbocycles. The summed E-state index contributed by atoms with van der Waals surface area (Å²) in [6, 6.07) is 12.2. The lowest BCUT2D eigenvalue weighted by Crippen LogP contribution is -2.14. The topological polar surface area (TPSA) is 55.4 Å². The first-order valence-corrected chi connectivity index (χ1v) is 9.15. The highest BCUT2D eigenvalue weighted by molar-refractivity contribution is 9.10. The third-order valence-corrected chi connectivity index (χ3v) is 4.24. The van der Waals surface area contributed by atoms with E-state index in [4.69, 9.17) is 4.74 Å². The van der Waals surface area contributed by atoms with E-state index in [9.17, 15) is 9.59 Å². The van der Waals surface area contributed by atoms with Crippen molar-refractivity contribution in [3.8, 4) is 5.75 Å². The van der Waals surface area contributed by atoms with Gasteiger partial charge in [-0.1, -0.05) is 35.7 Å². The summed E-state index contributed by atoms with van der Waals surface area (Å²) in [6.45, 7) is 4.30. The number of rotatable bonds is 8. The van der Waals surface area contributed by atoms with Crippen LogP contribution in [0.25, 0.3) is 0 Å². The first-order valence-electron chi connectivity index (χ1n) is 8.36. The number of hydrogen-bond donors (Lipinski definition) is 1. The van der Waals surface area contributed by atoms with Crippen LogP contribution in [-0.4, -0.2) is 18.3 Å². The Morgan fingerprint density at radius 3 is 2.44 bits per heavy atom. The molecule has 0 saturated heterocycles. The molecule has 0 spiro atoms. The lowest BCUT2D eigenvalue weighted by molar-refractivity contribution is 0.101. The van der Waals surface area contributed by atoms with Gasteiger partial charge < -0.3 is 10.1 Å². The molecule has 0 unspecified atom stereocenters. The molecule has 0 heterocycles. The quantitative estimate of drug-likeness (QED) is 0.469. The third kappa shape index (κ3) is 5.71. The van der Waals surface area contributed by atoms with Gasteiger partial charge in [-0.15, -0.1) is 0 Å². The van der Waals surface area contributed by atoms with Crippen molar-refractivity contribution < 1.29 is 14.3 Å². The van der Waals surface area contributed by atoms with Gasteiger partial charge in [0.05, 0.1) is 12.3 Å². The number of carbonyl (C=O) groups is 2. The van der Waals surface area contributed by atoms with Crippen molar-refractivity contribution in [1.82, 2.24) is 0 Å². The summed E-state index contributed by atoms with van der Waals surface area (Å²) in [6.07, 6.45) is 3.32. The van der Waals surface area contributed by atoms with Crippen LogP contribution >= 0.6 is 15.9 Å². The van der Waals surface area contributed by atoms with Crippen molar-refractivity contribution in [2.75, 3.05) is 11.9 Å². The van der Waals surface area contributed by atoms with Crippen molar-refractivity contribution in [1.29, 1.82) is 0 Å². The van der Waals surface area contributed by atoms with Gasteiger partial charge in [-0.2, -0.15) is 0 Å². The number of Topliss-reactive ketones (excluding diaryl/α,β-unsaturated/α-hetero) is 1. The van der Waals surface area contributed by atoms with E-state index in [1.165, 1.54) is 6.92 Å². The van der Waals surface area contributed by atoms with Crippen molar-refractivity contribution >= 4 is 33.3 Å². The minimum absolute atomic E-state index is 0.0985. The fraction of sp³-hybridized carbons (Fsp3) is 0.300. The molecule has 0 aliphatic heterocycles. The van der Waals surface area contributed by atoms with Gasteiger partial charge in [0, 0.05) is 15.6 Å².